The van der Waals surface area contributed by atoms with Crippen molar-refractivity contribution in [3.8, 4) is 0 Å². The quantitative estimate of drug-likeness (QED) is 0.210. The summed E-state index contributed by atoms with van der Waals surface area (Å²) in [5, 5.41) is 0. The molecule has 0 aromatic heterocycles. The standard InChI is InChI=1S/C40H60O9/c1-22(2)26-12-11-24-15-17-38(9)27(31(24)26)13-14-30-37(8)19-28-32(46-23(3)41)47-33(42)40(28,35(4,5)29(37)16-18-39(30,38)10)49-34(43)44-20-25-21-45-36(6,7)48-25/h24-32H,1,11-21H2,2-10H3/t24-,25?,26+,27-,28?,29+,30?,31-,32?,37+,38-,39-,40-/m1/s1. The van der Waals surface area contributed by atoms with Gasteiger partial charge in [0, 0.05) is 12.3 Å². The SMILES string of the molecule is C=C(C)[C@@H]1CC[C@@H]2CC[C@]3(C)[C@H](CCC4[C@@]5(C)CC6C(OC(C)=O)OC(=O)[C@@]6(OC(=O)OCC6COC(C)(C)O6)C(C)(C)[C@@H]5CC[C@]43C)[C@H]21. The molecule has 0 aromatic rings. The number of allylic oxidation sites excluding steroid dienone is 1. The number of hydrogen-bond donors (Lipinski definition) is 0. The minimum absolute atomic E-state index is 0.0595. The normalized spacial score (nSPS) is 48.9. The molecule has 7 aliphatic rings. The first-order valence-electron chi connectivity index (χ1n) is 19.0. The van der Waals surface area contributed by atoms with Crippen LogP contribution in [0.15, 0.2) is 12.2 Å². The molecule has 274 valence electrons. The Labute approximate surface area is 292 Å². The molecule has 0 N–H and O–H groups in total. The number of esters is 2. The van der Waals surface area contributed by atoms with Gasteiger partial charge in [0.2, 0.25) is 5.60 Å². The smallest absolute Gasteiger partial charge is 0.431 e. The molecule has 2 heterocycles. The third-order valence-electron chi connectivity index (χ3n) is 16.0. The Kier molecular flexibility index (Phi) is 8.23. The van der Waals surface area contributed by atoms with Crippen molar-refractivity contribution in [2.75, 3.05) is 13.2 Å². The summed E-state index contributed by atoms with van der Waals surface area (Å²) in [4.78, 5) is 40.1. The Morgan fingerprint density at radius 3 is 2.24 bits per heavy atom. The van der Waals surface area contributed by atoms with Crippen LogP contribution in [0.25, 0.3) is 0 Å². The van der Waals surface area contributed by atoms with E-state index in [0.29, 0.717) is 24.2 Å². The van der Waals surface area contributed by atoms with Crippen LogP contribution in [0.4, 0.5) is 4.79 Å². The summed E-state index contributed by atoms with van der Waals surface area (Å²) in [6.45, 7) is 23.6. The van der Waals surface area contributed by atoms with Gasteiger partial charge in [-0.1, -0.05) is 46.8 Å². The Balaban J connectivity index is 1.22. The van der Waals surface area contributed by atoms with Gasteiger partial charge >= 0.3 is 18.1 Å². The highest BCUT2D eigenvalue weighted by Gasteiger charge is 2.79. The van der Waals surface area contributed by atoms with E-state index in [0.717, 1.165) is 31.1 Å². The fourth-order valence-electron chi connectivity index (χ4n) is 14.0. The average Bonchev–Trinajstić information content (AvgIpc) is 3.66. The Hall–Kier alpha value is -2.13. The van der Waals surface area contributed by atoms with Gasteiger partial charge in [-0.15, -0.1) is 0 Å². The molecule has 0 bridgehead atoms. The van der Waals surface area contributed by atoms with Crippen LogP contribution in [0, 0.1) is 63.1 Å². The first kappa shape index (κ1) is 35.3. The molecule has 0 radical (unpaired) electrons. The van der Waals surface area contributed by atoms with Gasteiger partial charge in [-0.2, -0.15) is 0 Å². The molecule has 5 saturated carbocycles. The number of ether oxygens (including phenoxy) is 6. The molecule has 49 heavy (non-hydrogen) atoms. The summed E-state index contributed by atoms with van der Waals surface area (Å²) in [5.74, 6) is 0.634. The molecule has 9 nitrogen and oxygen atoms in total. The maximum Gasteiger partial charge on any atom is 0.509 e. The van der Waals surface area contributed by atoms with Crippen LogP contribution < -0.4 is 0 Å². The molecule has 0 spiro atoms. The minimum atomic E-state index is -1.67. The third kappa shape index (κ3) is 4.93. The topological polar surface area (TPSA) is 107 Å². The number of fused-ring (bicyclic) bond motifs is 8. The molecular formula is C40H60O9. The second-order valence-electron chi connectivity index (χ2n) is 18.8. The Morgan fingerprint density at radius 1 is 0.878 bits per heavy atom. The van der Waals surface area contributed by atoms with Crippen molar-refractivity contribution in [1.29, 1.82) is 0 Å². The van der Waals surface area contributed by atoms with Gasteiger partial charge in [-0.3, -0.25) is 4.79 Å². The number of hydrogen-bond acceptors (Lipinski definition) is 9. The second kappa shape index (κ2) is 11.4. The van der Waals surface area contributed by atoms with Gasteiger partial charge in [-0.05, 0) is 130 Å². The van der Waals surface area contributed by atoms with E-state index in [9.17, 15) is 14.4 Å². The van der Waals surface area contributed by atoms with Gasteiger partial charge in [0.05, 0.1) is 12.5 Å². The van der Waals surface area contributed by atoms with Gasteiger partial charge in [0.25, 0.3) is 6.29 Å². The van der Waals surface area contributed by atoms with E-state index in [2.05, 4.69) is 48.1 Å². The monoisotopic (exact) mass is 684 g/mol. The lowest BCUT2D eigenvalue weighted by Gasteiger charge is -2.73. The molecule has 0 amide bonds. The average molecular weight is 685 g/mol. The van der Waals surface area contributed by atoms with Gasteiger partial charge in [0.1, 0.15) is 12.7 Å². The number of carbonyl (C=O) groups excluding carboxylic acids is 3. The zero-order chi connectivity index (χ0) is 35.5. The van der Waals surface area contributed by atoms with Crippen LogP contribution >= 0.6 is 0 Å². The van der Waals surface area contributed by atoms with E-state index >= 15 is 0 Å². The highest BCUT2D eigenvalue weighted by molar-refractivity contribution is 5.86. The van der Waals surface area contributed by atoms with Crippen molar-refractivity contribution < 1.29 is 42.8 Å². The Bertz CT molecular complexity index is 1400. The van der Waals surface area contributed by atoms with E-state index in [1.54, 1.807) is 13.8 Å². The molecule has 7 fully saturated rings. The largest absolute Gasteiger partial charge is 0.509 e. The van der Waals surface area contributed by atoms with Crippen LogP contribution in [-0.4, -0.2) is 55.1 Å². The molecule has 7 rings (SSSR count). The van der Waals surface area contributed by atoms with E-state index < -0.39 is 53.2 Å². The van der Waals surface area contributed by atoms with Crippen molar-refractivity contribution in [1.82, 2.24) is 0 Å². The first-order valence-corrected chi connectivity index (χ1v) is 19.0. The predicted molar refractivity (Wildman–Crippen MR) is 181 cm³/mol. The molecule has 2 aliphatic heterocycles. The first-order chi connectivity index (χ1) is 22.8. The minimum Gasteiger partial charge on any atom is -0.431 e. The summed E-state index contributed by atoms with van der Waals surface area (Å²) >= 11 is 0. The summed E-state index contributed by atoms with van der Waals surface area (Å²) < 4.78 is 34.9. The highest BCUT2D eigenvalue weighted by Crippen LogP contribution is 2.78. The molecule has 13 atom stereocenters. The van der Waals surface area contributed by atoms with E-state index in [-0.39, 0.29) is 35.4 Å². The molecule has 4 unspecified atom stereocenters. The third-order valence-corrected chi connectivity index (χ3v) is 16.0. The van der Waals surface area contributed by atoms with E-state index in [1.807, 2.05) is 0 Å². The summed E-state index contributed by atoms with van der Waals surface area (Å²) in [6.07, 6.45) is 7.48. The lowest BCUT2D eigenvalue weighted by atomic mass is 9.31. The Morgan fingerprint density at radius 2 is 1.59 bits per heavy atom. The molecule has 9 heteroatoms. The van der Waals surface area contributed by atoms with Crippen molar-refractivity contribution in [3.63, 3.8) is 0 Å². The van der Waals surface area contributed by atoms with Gasteiger partial charge < -0.3 is 28.4 Å². The summed E-state index contributed by atoms with van der Waals surface area (Å²) in [7, 11) is 0. The number of carbonyl (C=O) groups is 3. The van der Waals surface area contributed by atoms with Crippen LogP contribution in [0.5, 0.6) is 0 Å². The number of cyclic esters (lactones) is 1. The van der Waals surface area contributed by atoms with Crippen LogP contribution in [-0.2, 0) is 38.0 Å². The summed E-state index contributed by atoms with van der Waals surface area (Å²) in [5.41, 5.74) is -1.07. The highest BCUT2D eigenvalue weighted by atomic mass is 16.8. The van der Waals surface area contributed by atoms with Crippen LogP contribution in [0.1, 0.15) is 120 Å². The zero-order valence-corrected chi connectivity index (χ0v) is 31.4. The predicted octanol–water partition coefficient (Wildman–Crippen LogP) is 7.99. The van der Waals surface area contributed by atoms with Gasteiger partial charge in [-0.25, -0.2) is 9.59 Å². The molecule has 5 aliphatic carbocycles. The van der Waals surface area contributed by atoms with Crippen molar-refractivity contribution in [2.24, 2.45) is 63.1 Å². The van der Waals surface area contributed by atoms with Crippen molar-refractivity contribution in [2.45, 2.75) is 144 Å². The van der Waals surface area contributed by atoms with Gasteiger partial charge in [0.15, 0.2) is 5.79 Å². The van der Waals surface area contributed by atoms with Crippen molar-refractivity contribution >= 4 is 18.1 Å². The van der Waals surface area contributed by atoms with Crippen molar-refractivity contribution in [3.05, 3.63) is 12.2 Å². The molecular weight excluding hydrogens is 624 g/mol. The van der Waals surface area contributed by atoms with E-state index in [4.69, 9.17) is 28.4 Å². The zero-order valence-electron chi connectivity index (χ0n) is 31.4. The van der Waals surface area contributed by atoms with Crippen LogP contribution in [0.2, 0.25) is 0 Å². The fraction of sp³-hybridized carbons (Fsp3) is 0.875. The number of rotatable bonds is 5. The van der Waals surface area contributed by atoms with E-state index in [1.165, 1.54) is 44.6 Å². The second-order valence-corrected chi connectivity index (χ2v) is 18.8. The molecule has 0 aromatic carbocycles. The van der Waals surface area contributed by atoms with Crippen LogP contribution in [0.3, 0.4) is 0 Å². The summed E-state index contributed by atoms with van der Waals surface area (Å²) in [6, 6.07) is 0. The lowest BCUT2D eigenvalue weighted by Crippen LogP contribution is -2.71. The maximum atomic E-state index is 14.2. The molecule has 2 saturated heterocycles. The fourth-order valence-corrected chi connectivity index (χ4v) is 14.0. The lowest BCUT2D eigenvalue weighted by molar-refractivity contribution is -0.274. The maximum absolute atomic E-state index is 14.2.